The molecule has 3 nitrogen and oxygen atoms in total. The van der Waals surface area contributed by atoms with Crippen molar-refractivity contribution in [3.63, 3.8) is 0 Å². The Bertz CT molecular complexity index is 1200. The first-order chi connectivity index (χ1) is 15.3. The molecular formula is C26H25F3N2O. The number of benzene rings is 3. The number of fused-ring (bicyclic) bond motifs is 1. The Balaban J connectivity index is 1.59. The van der Waals surface area contributed by atoms with Crippen LogP contribution in [0.3, 0.4) is 0 Å². The molecule has 0 aliphatic carbocycles. The van der Waals surface area contributed by atoms with Crippen molar-refractivity contribution in [2.24, 2.45) is 0 Å². The number of halogens is 3. The predicted octanol–water partition coefficient (Wildman–Crippen LogP) is 6.73. The molecule has 0 saturated heterocycles. The summed E-state index contributed by atoms with van der Waals surface area (Å²) in [5.74, 6) is 0.721. The molecule has 0 aliphatic rings. The first kappa shape index (κ1) is 22.0. The number of hydrogen-bond donors (Lipinski definition) is 1. The molecule has 0 spiro atoms. The Labute approximate surface area is 185 Å². The Morgan fingerprint density at radius 2 is 1.75 bits per heavy atom. The van der Waals surface area contributed by atoms with Gasteiger partial charge in [-0.05, 0) is 53.9 Å². The molecule has 4 aromatic rings. The van der Waals surface area contributed by atoms with Gasteiger partial charge in [-0.15, -0.1) is 0 Å². The van der Waals surface area contributed by atoms with Gasteiger partial charge in [-0.2, -0.15) is 13.2 Å². The van der Waals surface area contributed by atoms with E-state index < -0.39 is 12.7 Å². The van der Waals surface area contributed by atoms with Crippen LogP contribution in [0.25, 0.3) is 22.0 Å². The van der Waals surface area contributed by atoms with Gasteiger partial charge in [0, 0.05) is 35.2 Å². The van der Waals surface area contributed by atoms with Crippen LogP contribution in [0.15, 0.2) is 79.0 Å². The maximum Gasteiger partial charge on any atom is 0.406 e. The van der Waals surface area contributed by atoms with Crippen LogP contribution in [0.2, 0.25) is 0 Å². The number of hydrogen-bond acceptors (Lipinski definition) is 2. The number of methoxy groups -OCH3 is 1. The van der Waals surface area contributed by atoms with Crippen molar-refractivity contribution < 1.29 is 17.9 Å². The second-order valence-corrected chi connectivity index (χ2v) is 7.88. The van der Waals surface area contributed by atoms with Gasteiger partial charge < -0.3 is 14.6 Å². The van der Waals surface area contributed by atoms with Crippen molar-refractivity contribution in [3.8, 4) is 16.9 Å². The molecule has 166 valence electrons. The van der Waals surface area contributed by atoms with E-state index in [0.29, 0.717) is 12.1 Å². The lowest BCUT2D eigenvalue weighted by Gasteiger charge is -2.16. The minimum atomic E-state index is -4.26. The number of alkyl halides is 3. The van der Waals surface area contributed by atoms with Crippen molar-refractivity contribution in [2.75, 3.05) is 7.11 Å². The highest BCUT2D eigenvalue weighted by molar-refractivity contribution is 5.87. The lowest BCUT2D eigenvalue weighted by molar-refractivity contribution is -0.139. The summed E-state index contributed by atoms with van der Waals surface area (Å²) >= 11 is 0. The molecule has 0 saturated carbocycles. The van der Waals surface area contributed by atoms with E-state index in [1.807, 2.05) is 42.5 Å². The molecule has 6 heteroatoms. The second kappa shape index (κ2) is 9.09. The molecule has 3 aromatic carbocycles. The first-order valence-electron chi connectivity index (χ1n) is 10.5. The summed E-state index contributed by atoms with van der Waals surface area (Å²) in [7, 11) is 1.62. The Hall–Kier alpha value is -3.25. The Kier molecular flexibility index (Phi) is 6.24. The summed E-state index contributed by atoms with van der Waals surface area (Å²) in [5.41, 5.74) is 4.68. The minimum Gasteiger partial charge on any atom is -0.496 e. The molecule has 0 fully saturated rings. The number of aromatic nitrogens is 1. The van der Waals surface area contributed by atoms with Crippen LogP contribution in [-0.2, 0) is 13.1 Å². The lowest BCUT2D eigenvalue weighted by atomic mass is 10.00. The fraction of sp³-hybridized carbons (Fsp3) is 0.231. The maximum absolute atomic E-state index is 12.8. The third-order valence-electron chi connectivity index (χ3n) is 5.61. The van der Waals surface area contributed by atoms with Gasteiger partial charge in [0.1, 0.15) is 12.3 Å². The van der Waals surface area contributed by atoms with Crippen LogP contribution in [-0.4, -0.2) is 17.9 Å². The highest BCUT2D eigenvalue weighted by Crippen LogP contribution is 2.34. The molecule has 1 atom stereocenters. The van der Waals surface area contributed by atoms with Crippen molar-refractivity contribution in [3.05, 3.63) is 90.1 Å². The molecular weight excluding hydrogens is 413 g/mol. The average molecular weight is 438 g/mol. The van der Waals surface area contributed by atoms with Crippen molar-refractivity contribution in [2.45, 2.75) is 32.2 Å². The zero-order chi connectivity index (χ0) is 22.7. The largest absolute Gasteiger partial charge is 0.496 e. The smallest absolute Gasteiger partial charge is 0.406 e. The summed E-state index contributed by atoms with van der Waals surface area (Å²) in [5, 5.41) is 4.29. The van der Waals surface area contributed by atoms with Crippen molar-refractivity contribution >= 4 is 10.9 Å². The van der Waals surface area contributed by atoms with E-state index in [1.165, 1.54) is 16.3 Å². The molecule has 1 heterocycles. The van der Waals surface area contributed by atoms with Crippen LogP contribution < -0.4 is 10.1 Å². The van der Waals surface area contributed by atoms with E-state index in [4.69, 9.17) is 4.74 Å². The van der Waals surface area contributed by atoms with E-state index in [-0.39, 0.29) is 6.04 Å². The minimum absolute atomic E-state index is 0.200. The average Bonchev–Trinajstić information content (AvgIpc) is 3.18. The summed E-state index contributed by atoms with van der Waals surface area (Å²) in [4.78, 5) is 0. The maximum atomic E-state index is 12.8. The zero-order valence-electron chi connectivity index (χ0n) is 18.0. The highest BCUT2D eigenvalue weighted by atomic mass is 19.4. The number of ether oxygens (including phenoxy) is 1. The first-order valence-corrected chi connectivity index (χ1v) is 10.5. The third kappa shape index (κ3) is 4.97. The summed E-state index contributed by atoms with van der Waals surface area (Å²) in [6.07, 6.45) is -2.78. The zero-order valence-corrected chi connectivity index (χ0v) is 18.0. The molecule has 32 heavy (non-hydrogen) atoms. The van der Waals surface area contributed by atoms with Gasteiger partial charge in [0.15, 0.2) is 0 Å². The quantitative estimate of drug-likeness (QED) is 0.346. The van der Waals surface area contributed by atoms with Gasteiger partial charge in [-0.1, -0.05) is 42.5 Å². The van der Waals surface area contributed by atoms with Gasteiger partial charge in [0.2, 0.25) is 0 Å². The van der Waals surface area contributed by atoms with Crippen LogP contribution >= 0.6 is 0 Å². The van der Waals surface area contributed by atoms with E-state index in [2.05, 4.69) is 30.4 Å². The molecule has 0 amide bonds. The van der Waals surface area contributed by atoms with E-state index >= 15 is 0 Å². The second-order valence-electron chi connectivity index (χ2n) is 7.88. The standard InChI is InChI=1S/C26H25F3N2O/c1-18(20-6-4-3-5-7-20)30-16-19-8-11-25(32-2)23(14-19)21-9-10-24-22(15-21)12-13-31(24)17-26(27,28)29/h3-15,18,30H,16-17H2,1-2H3/t18-/m1/s1. The van der Waals surface area contributed by atoms with Crippen LogP contribution in [0, 0.1) is 0 Å². The monoisotopic (exact) mass is 438 g/mol. The molecule has 4 rings (SSSR count). The number of nitrogens with zero attached hydrogens (tertiary/aromatic N) is 1. The van der Waals surface area contributed by atoms with Gasteiger partial charge in [-0.3, -0.25) is 0 Å². The van der Waals surface area contributed by atoms with Crippen LogP contribution in [0.5, 0.6) is 5.75 Å². The fourth-order valence-electron chi connectivity index (χ4n) is 3.92. The van der Waals surface area contributed by atoms with Gasteiger partial charge in [-0.25, -0.2) is 0 Å². The van der Waals surface area contributed by atoms with Crippen LogP contribution in [0.4, 0.5) is 13.2 Å². The Morgan fingerprint density at radius 1 is 0.969 bits per heavy atom. The van der Waals surface area contributed by atoms with E-state index in [1.54, 1.807) is 19.2 Å². The molecule has 0 aliphatic heterocycles. The van der Waals surface area contributed by atoms with Crippen molar-refractivity contribution in [1.82, 2.24) is 9.88 Å². The summed E-state index contributed by atoms with van der Waals surface area (Å²) in [6.45, 7) is 1.80. The molecule has 0 unspecified atom stereocenters. The predicted molar refractivity (Wildman–Crippen MR) is 122 cm³/mol. The normalized spacial score (nSPS) is 12.8. The third-order valence-corrected chi connectivity index (χ3v) is 5.61. The summed E-state index contributed by atoms with van der Waals surface area (Å²) < 4.78 is 45.3. The molecule has 1 N–H and O–H groups in total. The fourth-order valence-corrected chi connectivity index (χ4v) is 3.92. The van der Waals surface area contributed by atoms with Crippen molar-refractivity contribution in [1.29, 1.82) is 0 Å². The molecule has 0 radical (unpaired) electrons. The Morgan fingerprint density at radius 3 is 2.47 bits per heavy atom. The van der Waals surface area contributed by atoms with E-state index in [9.17, 15) is 13.2 Å². The van der Waals surface area contributed by atoms with Crippen LogP contribution in [0.1, 0.15) is 24.1 Å². The summed E-state index contributed by atoms with van der Waals surface area (Å²) in [6, 6.07) is 23.7. The number of nitrogens with one attached hydrogen (secondary N) is 1. The van der Waals surface area contributed by atoms with Gasteiger partial charge in [0.05, 0.1) is 7.11 Å². The van der Waals surface area contributed by atoms with E-state index in [0.717, 1.165) is 27.8 Å². The topological polar surface area (TPSA) is 26.2 Å². The number of rotatable bonds is 7. The molecule has 0 bridgehead atoms. The van der Waals surface area contributed by atoms with Gasteiger partial charge >= 0.3 is 6.18 Å². The SMILES string of the molecule is COc1ccc(CN[C@H](C)c2ccccc2)cc1-c1ccc2c(ccn2CC(F)(F)F)c1. The molecule has 1 aromatic heterocycles. The van der Waals surface area contributed by atoms with Gasteiger partial charge in [0.25, 0.3) is 0 Å². The lowest BCUT2D eigenvalue weighted by Crippen LogP contribution is -2.18. The highest BCUT2D eigenvalue weighted by Gasteiger charge is 2.28.